The van der Waals surface area contributed by atoms with Crippen molar-refractivity contribution in [1.29, 1.82) is 0 Å². The number of piperazine rings is 1. The van der Waals surface area contributed by atoms with Crippen molar-refractivity contribution in [3.63, 3.8) is 0 Å². The van der Waals surface area contributed by atoms with Gasteiger partial charge in [0.15, 0.2) is 0 Å². The van der Waals surface area contributed by atoms with Crippen molar-refractivity contribution >= 4 is 5.91 Å². The molecule has 1 unspecified atom stereocenters. The van der Waals surface area contributed by atoms with E-state index in [0.29, 0.717) is 12.6 Å². The number of hydrogen-bond acceptors (Lipinski definition) is 3. The Kier molecular flexibility index (Phi) is 5.76. The summed E-state index contributed by atoms with van der Waals surface area (Å²) in [6.07, 6.45) is 0.737. The van der Waals surface area contributed by atoms with Crippen LogP contribution in [-0.4, -0.2) is 54.5 Å². The van der Waals surface area contributed by atoms with E-state index in [0.717, 1.165) is 32.6 Å². The van der Waals surface area contributed by atoms with E-state index in [-0.39, 0.29) is 11.8 Å². The molecular weight excluding hydrogens is 262 g/mol. The molecule has 1 aliphatic heterocycles. The number of carbonyl (C=O) groups is 1. The average molecular weight is 289 g/mol. The molecule has 4 nitrogen and oxygen atoms in total. The van der Waals surface area contributed by atoms with Gasteiger partial charge in [-0.3, -0.25) is 9.69 Å². The van der Waals surface area contributed by atoms with Crippen LogP contribution in [0.4, 0.5) is 0 Å². The molecular formula is C17H27N3O. The number of nitrogens with zero attached hydrogens (tertiary/aromatic N) is 2. The summed E-state index contributed by atoms with van der Waals surface area (Å²) in [6, 6.07) is 10.7. The molecule has 0 aliphatic carbocycles. The summed E-state index contributed by atoms with van der Waals surface area (Å²) in [5.41, 5.74) is 7.03. The van der Waals surface area contributed by atoms with Crippen LogP contribution in [0.1, 0.15) is 19.4 Å². The maximum Gasteiger partial charge on any atom is 0.227 e. The Balaban J connectivity index is 1.92. The Bertz CT molecular complexity index is 439. The second-order valence-electron chi connectivity index (χ2n) is 6.08. The third-order valence-corrected chi connectivity index (χ3v) is 4.31. The first kappa shape index (κ1) is 16.0. The highest BCUT2D eigenvalue weighted by Gasteiger charge is 2.27. The third-order valence-electron chi connectivity index (χ3n) is 4.31. The van der Waals surface area contributed by atoms with Crippen LogP contribution in [0.15, 0.2) is 30.3 Å². The van der Waals surface area contributed by atoms with Gasteiger partial charge in [-0.05, 0) is 25.8 Å². The quantitative estimate of drug-likeness (QED) is 0.890. The zero-order valence-corrected chi connectivity index (χ0v) is 13.2. The molecule has 1 aromatic rings. The molecule has 2 N–H and O–H groups in total. The highest BCUT2D eigenvalue weighted by atomic mass is 16.2. The second-order valence-corrected chi connectivity index (χ2v) is 6.08. The molecule has 21 heavy (non-hydrogen) atoms. The molecule has 0 bridgehead atoms. The van der Waals surface area contributed by atoms with E-state index in [2.05, 4.69) is 30.9 Å². The van der Waals surface area contributed by atoms with Gasteiger partial charge in [-0.15, -0.1) is 0 Å². The summed E-state index contributed by atoms with van der Waals surface area (Å²) >= 11 is 0. The molecule has 1 heterocycles. The zero-order valence-electron chi connectivity index (χ0n) is 13.2. The van der Waals surface area contributed by atoms with E-state index in [4.69, 9.17) is 5.73 Å². The maximum atomic E-state index is 12.6. The minimum Gasteiger partial charge on any atom is -0.340 e. The average Bonchev–Trinajstić information content (AvgIpc) is 2.53. The summed E-state index contributed by atoms with van der Waals surface area (Å²) in [6.45, 7) is 8.39. The number of nitrogens with two attached hydrogens (primary N) is 1. The summed E-state index contributed by atoms with van der Waals surface area (Å²) in [5, 5.41) is 0. The van der Waals surface area contributed by atoms with Crippen molar-refractivity contribution in [3.8, 4) is 0 Å². The molecule has 0 saturated carbocycles. The smallest absolute Gasteiger partial charge is 0.227 e. The monoisotopic (exact) mass is 289 g/mol. The van der Waals surface area contributed by atoms with E-state index >= 15 is 0 Å². The summed E-state index contributed by atoms with van der Waals surface area (Å²) in [5.74, 6) is 0.114. The highest BCUT2D eigenvalue weighted by Crippen LogP contribution is 2.14. The minimum absolute atomic E-state index is 0.0991. The largest absolute Gasteiger partial charge is 0.340 e. The molecule has 1 saturated heterocycles. The number of hydrogen-bond donors (Lipinski definition) is 1. The predicted octanol–water partition coefficient (Wildman–Crippen LogP) is 1.36. The lowest BCUT2D eigenvalue weighted by molar-refractivity contribution is -0.137. The fourth-order valence-electron chi connectivity index (χ4n) is 2.89. The number of rotatable bonds is 5. The van der Waals surface area contributed by atoms with Gasteiger partial charge >= 0.3 is 0 Å². The van der Waals surface area contributed by atoms with Gasteiger partial charge in [-0.1, -0.05) is 30.3 Å². The molecule has 0 radical (unpaired) electrons. The Labute approximate surface area is 127 Å². The molecule has 0 aromatic heterocycles. The Morgan fingerprint density at radius 2 is 1.76 bits per heavy atom. The number of carbonyl (C=O) groups excluding carboxylic acids is 1. The van der Waals surface area contributed by atoms with Crippen LogP contribution < -0.4 is 5.73 Å². The lowest BCUT2D eigenvalue weighted by atomic mass is 9.97. The van der Waals surface area contributed by atoms with Crippen molar-refractivity contribution in [2.24, 2.45) is 11.7 Å². The SMILES string of the molecule is CC(C)N1CCN(C(=O)C(CN)Cc2ccccc2)CC1. The Morgan fingerprint density at radius 3 is 2.29 bits per heavy atom. The van der Waals surface area contributed by atoms with Crippen LogP contribution in [0.25, 0.3) is 0 Å². The number of amides is 1. The van der Waals surface area contributed by atoms with E-state index in [1.807, 2.05) is 23.1 Å². The molecule has 2 rings (SSSR count). The first-order valence-corrected chi connectivity index (χ1v) is 7.88. The zero-order chi connectivity index (χ0) is 15.2. The topological polar surface area (TPSA) is 49.6 Å². The number of benzene rings is 1. The molecule has 4 heteroatoms. The van der Waals surface area contributed by atoms with Crippen LogP contribution in [0, 0.1) is 5.92 Å². The third kappa shape index (κ3) is 4.29. The fourth-order valence-corrected chi connectivity index (χ4v) is 2.89. The van der Waals surface area contributed by atoms with Crippen LogP contribution in [0.3, 0.4) is 0 Å². The predicted molar refractivity (Wildman–Crippen MR) is 86.0 cm³/mol. The summed E-state index contributed by atoms with van der Waals surface area (Å²) in [7, 11) is 0. The molecule has 116 valence electrons. The van der Waals surface area contributed by atoms with Crippen molar-refractivity contribution in [1.82, 2.24) is 9.80 Å². The standard InChI is InChI=1S/C17H27N3O/c1-14(2)19-8-10-20(11-9-19)17(21)16(13-18)12-15-6-4-3-5-7-15/h3-7,14,16H,8-13,18H2,1-2H3. The van der Waals surface area contributed by atoms with E-state index in [1.165, 1.54) is 5.56 Å². The minimum atomic E-state index is -0.0991. The summed E-state index contributed by atoms with van der Waals surface area (Å²) in [4.78, 5) is 17.0. The lowest BCUT2D eigenvalue weighted by Crippen LogP contribution is -2.53. The van der Waals surface area contributed by atoms with Crippen molar-refractivity contribution in [3.05, 3.63) is 35.9 Å². The van der Waals surface area contributed by atoms with Crippen molar-refractivity contribution in [2.75, 3.05) is 32.7 Å². The van der Waals surface area contributed by atoms with E-state index in [9.17, 15) is 4.79 Å². The normalized spacial score (nSPS) is 18.0. The maximum absolute atomic E-state index is 12.6. The summed E-state index contributed by atoms with van der Waals surface area (Å²) < 4.78 is 0. The van der Waals surface area contributed by atoms with Gasteiger partial charge in [-0.25, -0.2) is 0 Å². The van der Waals surface area contributed by atoms with E-state index in [1.54, 1.807) is 0 Å². The van der Waals surface area contributed by atoms with Crippen molar-refractivity contribution < 1.29 is 4.79 Å². The van der Waals surface area contributed by atoms with Crippen LogP contribution >= 0.6 is 0 Å². The van der Waals surface area contributed by atoms with Gasteiger partial charge in [0.05, 0.1) is 5.92 Å². The Morgan fingerprint density at radius 1 is 1.14 bits per heavy atom. The Hall–Kier alpha value is -1.39. The molecule has 0 spiro atoms. The van der Waals surface area contributed by atoms with Gasteiger partial charge in [0.2, 0.25) is 5.91 Å². The van der Waals surface area contributed by atoms with Gasteiger partial charge in [0.25, 0.3) is 0 Å². The molecule has 1 fully saturated rings. The van der Waals surface area contributed by atoms with Gasteiger partial charge in [-0.2, -0.15) is 0 Å². The second kappa shape index (κ2) is 7.57. The molecule has 1 aliphatic rings. The first-order chi connectivity index (χ1) is 10.1. The van der Waals surface area contributed by atoms with Gasteiger partial charge in [0, 0.05) is 38.8 Å². The molecule has 1 atom stereocenters. The molecule has 1 amide bonds. The lowest BCUT2D eigenvalue weighted by Gasteiger charge is -2.38. The van der Waals surface area contributed by atoms with Crippen LogP contribution in [0.5, 0.6) is 0 Å². The van der Waals surface area contributed by atoms with Crippen LogP contribution in [0.2, 0.25) is 0 Å². The van der Waals surface area contributed by atoms with Crippen molar-refractivity contribution in [2.45, 2.75) is 26.3 Å². The van der Waals surface area contributed by atoms with Gasteiger partial charge < -0.3 is 10.6 Å². The first-order valence-electron chi connectivity index (χ1n) is 7.88. The molecule has 1 aromatic carbocycles. The van der Waals surface area contributed by atoms with E-state index < -0.39 is 0 Å². The fraction of sp³-hybridized carbons (Fsp3) is 0.588. The van der Waals surface area contributed by atoms with Gasteiger partial charge in [0.1, 0.15) is 0 Å². The van der Waals surface area contributed by atoms with Crippen LogP contribution in [-0.2, 0) is 11.2 Å². The highest BCUT2D eigenvalue weighted by molar-refractivity contribution is 5.79.